The number of carbonyl (C=O) groups is 2. The number of rotatable bonds is 2. The van der Waals surface area contributed by atoms with Gasteiger partial charge in [0.05, 0.1) is 6.04 Å². The predicted molar refractivity (Wildman–Crippen MR) is 78.2 cm³/mol. The number of carboxylic acids is 1. The molecule has 0 saturated carbocycles. The molecule has 5 nitrogen and oxygen atoms in total. The summed E-state index contributed by atoms with van der Waals surface area (Å²) >= 11 is 5.88. The van der Waals surface area contributed by atoms with Crippen molar-refractivity contribution in [3.63, 3.8) is 0 Å². The van der Waals surface area contributed by atoms with Crippen molar-refractivity contribution in [3.05, 3.63) is 34.9 Å². The Morgan fingerprint density at radius 1 is 1.33 bits per heavy atom. The summed E-state index contributed by atoms with van der Waals surface area (Å²) in [4.78, 5) is 25.3. The summed E-state index contributed by atoms with van der Waals surface area (Å²) < 4.78 is 5.25. The van der Waals surface area contributed by atoms with Gasteiger partial charge in [0.2, 0.25) is 5.91 Å². The molecule has 0 spiro atoms. The van der Waals surface area contributed by atoms with Crippen LogP contribution in [0.3, 0.4) is 0 Å². The van der Waals surface area contributed by atoms with Crippen LogP contribution in [0.5, 0.6) is 0 Å². The zero-order valence-corrected chi connectivity index (χ0v) is 12.9. The second-order valence-corrected chi connectivity index (χ2v) is 6.44. The summed E-state index contributed by atoms with van der Waals surface area (Å²) in [5.74, 6) is -1.31. The largest absolute Gasteiger partial charge is 0.479 e. The van der Waals surface area contributed by atoms with Gasteiger partial charge in [0, 0.05) is 10.6 Å². The molecule has 1 N–H and O–H groups in total. The number of nitrogens with zero attached hydrogens (tertiary/aromatic N) is 1. The van der Waals surface area contributed by atoms with Gasteiger partial charge in [0.25, 0.3) is 0 Å². The van der Waals surface area contributed by atoms with Crippen molar-refractivity contribution in [2.24, 2.45) is 0 Å². The standard InChI is InChI=1S/C15H18ClNO4/c1-15(2,3)17-11(18)8-21-13(14(19)20)12(17)9-4-6-10(16)7-5-9/h4-7,12-13H,8H2,1-3H3,(H,19,20). The highest BCUT2D eigenvalue weighted by atomic mass is 35.5. The smallest absolute Gasteiger partial charge is 0.335 e. The van der Waals surface area contributed by atoms with E-state index >= 15 is 0 Å². The molecule has 2 rings (SSSR count). The summed E-state index contributed by atoms with van der Waals surface area (Å²) in [5, 5.41) is 9.96. The van der Waals surface area contributed by atoms with E-state index in [-0.39, 0.29) is 12.5 Å². The lowest BCUT2D eigenvalue weighted by Crippen LogP contribution is -2.58. The number of morpholine rings is 1. The van der Waals surface area contributed by atoms with E-state index < -0.39 is 23.7 Å². The molecule has 1 saturated heterocycles. The second-order valence-electron chi connectivity index (χ2n) is 6.00. The van der Waals surface area contributed by atoms with Crippen LogP contribution in [-0.4, -0.2) is 40.1 Å². The average Bonchev–Trinajstić information content (AvgIpc) is 2.37. The van der Waals surface area contributed by atoms with Crippen LogP contribution < -0.4 is 0 Å². The maximum atomic E-state index is 12.2. The van der Waals surface area contributed by atoms with Crippen molar-refractivity contribution < 1.29 is 19.4 Å². The number of amides is 1. The first kappa shape index (κ1) is 15.8. The van der Waals surface area contributed by atoms with Crippen LogP contribution in [0, 0.1) is 0 Å². The van der Waals surface area contributed by atoms with Crippen LogP contribution in [0.1, 0.15) is 32.4 Å². The highest BCUT2D eigenvalue weighted by Gasteiger charge is 2.45. The molecule has 1 aliphatic rings. The molecule has 6 heteroatoms. The van der Waals surface area contributed by atoms with Gasteiger partial charge >= 0.3 is 5.97 Å². The molecule has 0 radical (unpaired) electrons. The minimum Gasteiger partial charge on any atom is -0.479 e. The van der Waals surface area contributed by atoms with Gasteiger partial charge in [-0.25, -0.2) is 4.79 Å². The number of carbonyl (C=O) groups excluding carboxylic acids is 1. The molecule has 1 aliphatic heterocycles. The number of hydrogen-bond donors (Lipinski definition) is 1. The van der Waals surface area contributed by atoms with E-state index in [0.717, 1.165) is 0 Å². The highest BCUT2D eigenvalue weighted by molar-refractivity contribution is 6.30. The molecular weight excluding hydrogens is 294 g/mol. The van der Waals surface area contributed by atoms with Gasteiger partial charge < -0.3 is 14.7 Å². The molecule has 1 fully saturated rings. The minimum absolute atomic E-state index is 0.222. The van der Waals surface area contributed by atoms with E-state index in [2.05, 4.69) is 0 Å². The summed E-state index contributed by atoms with van der Waals surface area (Å²) in [6.07, 6.45) is -1.09. The van der Waals surface area contributed by atoms with Crippen LogP contribution in [0.25, 0.3) is 0 Å². The Morgan fingerprint density at radius 3 is 2.38 bits per heavy atom. The van der Waals surface area contributed by atoms with Gasteiger partial charge in [0.1, 0.15) is 6.61 Å². The third kappa shape index (κ3) is 3.19. The second kappa shape index (κ2) is 5.66. The number of aliphatic carboxylic acids is 1. The van der Waals surface area contributed by atoms with Gasteiger partial charge in [-0.1, -0.05) is 23.7 Å². The number of carboxylic acid groups (broad SMARTS) is 1. The van der Waals surface area contributed by atoms with E-state index in [0.29, 0.717) is 10.6 Å². The molecule has 2 unspecified atom stereocenters. The molecule has 1 amide bonds. The molecule has 0 aromatic heterocycles. The van der Waals surface area contributed by atoms with E-state index in [9.17, 15) is 14.7 Å². The highest BCUT2D eigenvalue weighted by Crippen LogP contribution is 2.36. The van der Waals surface area contributed by atoms with Crippen molar-refractivity contribution in [2.45, 2.75) is 38.5 Å². The van der Waals surface area contributed by atoms with E-state index in [1.807, 2.05) is 20.8 Å². The normalized spacial score (nSPS) is 23.2. The average molecular weight is 312 g/mol. The molecule has 1 aromatic carbocycles. The van der Waals surface area contributed by atoms with Crippen molar-refractivity contribution in [2.75, 3.05) is 6.61 Å². The summed E-state index contributed by atoms with van der Waals surface area (Å²) in [5.41, 5.74) is 0.175. The SMILES string of the molecule is CC(C)(C)N1C(=O)COC(C(=O)O)C1c1ccc(Cl)cc1. The molecule has 1 aromatic rings. The quantitative estimate of drug-likeness (QED) is 0.911. The molecule has 0 aliphatic carbocycles. The lowest BCUT2D eigenvalue weighted by atomic mass is 9.92. The van der Waals surface area contributed by atoms with Crippen LogP contribution in [-0.2, 0) is 14.3 Å². The Morgan fingerprint density at radius 2 is 1.90 bits per heavy atom. The third-order valence-electron chi connectivity index (χ3n) is 3.40. The fourth-order valence-corrected chi connectivity index (χ4v) is 2.72. The first-order valence-electron chi connectivity index (χ1n) is 6.64. The third-order valence-corrected chi connectivity index (χ3v) is 3.65. The minimum atomic E-state index is -1.09. The zero-order chi connectivity index (χ0) is 15.8. The summed E-state index contributed by atoms with van der Waals surface area (Å²) in [6.45, 7) is 5.40. The molecule has 2 atom stereocenters. The summed E-state index contributed by atoms with van der Waals surface area (Å²) in [6, 6.07) is 6.12. The zero-order valence-electron chi connectivity index (χ0n) is 12.2. The number of halogens is 1. The molecule has 1 heterocycles. The van der Waals surface area contributed by atoms with E-state index in [1.54, 1.807) is 29.2 Å². The summed E-state index contributed by atoms with van der Waals surface area (Å²) in [7, 11) is 0. The van der Waals surface area contributed by atoms with Crippen LogP contribution in [0.4, 0.5) is 0 Å². The van der Waals surface area contributed by atoms with E-state index in [4.69, 9.17) is 16.3 Å². The van der Waals surface area contributed by atoms with Gasteiger partial charge in [-0.2, -0.15) is 0 Å². The Hall–Kier alpha value is -1.59. The van der Waals surface area contributed by atoms with Crippen molar-refractivity contribution in [1.29, 1.82) is 0 Å². The van der Waals surface area contributed by atoms with Crippen LogP contribution in [0.15, 0.2) is 24.3 Å². The van der Waals surface area contributed by atoms with Gasteiger partial charge in [0.15, 0.2) is 6.10 Å². The van der Waals surface area contributed by atoms with Crippen molar-refractivity contribution in [1.82, 2.24) is 4.90 Å². The Kier molecular flexibility index (Phi) is 4.25. The number of ether oxygens (including phenoxy) is 1. The van der Waals surface area contributed by atoms with Crippen molar-refractivity contribution in [3.8, 4) is 0 Å². The Bertz CT molecular complexity index is 550. The maximum absolute atomic E-state index is 12.2. The fourth-order valence-electron chi connectivity index (χ4n) is 2.59. The van der Waals surface area contributed by atoms with Gasteiger partial charge in [-0.3, -0.25) is 4.79 Å². The Balaban J connectivity index is 2.51. The molecule has 0 bridgehead atoms. The lowest BCUT2D eigenvalue weighted by molar-refractivity contribution is -0.179. The lowest BCUT2D eigenvalue weighted by Gasteiger charge is -2.46. The van der Waals surface area contributed by atoms with Crippen LogP contribution in [0.2, 0.25) is 5.02 Å². The predicted octanol–water partition coefficient (Wildman–Crippen LogP) is 2.49. The Labute approximate surface area is 128 Å². The van der Waals surface area contributed by atoms with E-state index in [1.165, 1.54) is 0 Å². The molecule has 114 valence electrons. The van der Waals surface area contributed by atoms with Gasteiger partial charge in [-0.15, -0.1) is 0 Å². The first-order chi connectivity index (χ1) is 9.71. The fraction of sp³-hybridized carbons (Fsp3) is 0.467. The molecular formula is C15H18ClNO4. The van der Waals surface area contributed by atoms with Gasteiger partial charge in [-0.05, 0) is 38.5 Å². The topological polar surface area (TPSA) is 66.8 Å². The first-order valence-corrected chi connectivity index (χ1v) is 7.01. The number of benzene rings is 1. The van der Waals surface area contributed by atoms with Crippen LogP contribution >= 0.6 is 11.6 Å². The molecule has 21 heavy (non-hydrogen) atoms. The maximum Gasteiger partial charge on any atom is 0.335 e. The van der Waals surface area contributed by atoms with Crippen molar-refractivity contribution >= 4 is 23.5 Å². The monoisotopic (exact) mass is 311 g/mol. The number of hydrogen-bond acceptors (Lipinski definition) is 3.